The Morgan fingerprint density at radius 1 is 1.28 bits per heavy atom. The molecule has 6 nitrogen and oxygen atoms in total. The number of hydrogen-bond acceptors (Lipinski definition) is 5. The molecule has 0 spiro atoms. The van der Waals surface area contributed by atoms with Gasteiger partial charge in [0, 0.05) is 17.2 Å². The van der Waals surface area contributed by atoms with Crippen LogP contribution in [0.2, 0.25) is 0 Å². The number of carbonyl (C=O) groups excluding carboxylic acids is 1. The van der Waals surface area contributed by atoms with Crippen molar-refractivity contribution in [2.45, 2.75) is 25.7 Å². The summed E-state index contributed by atoms with van der Waals surface area (Å²) in [5.41, 5.74) is 2.12. The lowest BCUT2D eigenvalue weighted by molar-refractivity contribution is 0.102. The summed E-state index contributed by atoms with van der Waals surface area (Å²) in [6.07, 6.45) is 4.70. The number of benzene rings is 1. The number of nitrogens with zero attached hydrogens (tertiary/aromatic N) is 4. The molecular weight excluding hydrogens is 396 g/mol. The van der Waals surface area contributed by atoms with E-state index in [1.165, 1.54) is 35.1 Å². The number of pyridine rings is 1. The van der Waals surface area contributed by atoms with Crippen LogP contribution in [0, 0.1) is 18.6 Å². The van der Waals surface area contributed by atoms with E-state index in [1.54, 1.807) is 13.0 Å². The van der Waals surface area contributed by atoms with E-state index in [2.05, 4.69) is 19.8 Å². The number of fused-ring (bicyclic) bond motifs is 1. The van der Waals surface area contributed by atoms with Crippen LogP contribution < -0.4 is 5.32 Å². The topological polar surface area (TPSA) is 72.2 Å². The number of amides is 1. The average Bonchev–Trinajstić information content (AvgIpc) is 3.27. The molecule has 0 atom stereocenters. The molecule has 0 aliphatic heterocycles. The molecule has 5 rings (SSSR count). The van der Waals surface area contributed by atoms with E-state index >= 15 is 0 Å². The summed E-state index contributed by atoms with van der Waals surface area (Å²) in [4.78, 5) is 17.2. The van der Waals surface area contributed by atoms with Gasteiger partial charge in [-0.3, -0.25) is 4.79 Å². The third kappa shape index (κ3) is 3.27. The molecule has 1 amide bonds. The summed E-state index contributed by atoms with van der Waals surface area (Å²) in [5, 5.41) is 7.30. The molecule has 146 valence electrons. The van der Waals surface area contributed by atoms with Gasteiger partial charge in [-0.05, 0) is 61.1 Å². The van der Waals surface area contributed by atoms with Crippen LogP contribution in [0.3, 0.4) is 0 Å². The lowest BCUT2D eigenvalue weighted by atomic mass is 10.1. The fourth-order valence-electron chi connectivity index (χ4n) is 3.15. The summed E-state index contributed by atoms with van der Waals surface area (Å²) in [5.74, 6) is -0.134. The fraction of sp³-hybridized carbons (Fsp3) is 0.200. The Morgan fingerprint density at radius 3 is 2.90 bits per heavy atom. The highest BCUT2D eigenvalue weighted by atomic mass is 32.1. The molecule has 0 radical (unpaired) electrons. The molecule has 1 aliphatic rings. The molecule has 0 bridgehead atoms. The highest BCUT2D eigenvalue weighted by molar-refractivity contribution is 7.09. The fourth-order valence-corrected chi connectivity index (χ4v) is 3.91. The van der Waals surface area contributed by atoms with Crippen molar-refractivity contribution in [3.63, 3.8) is 0 Å². The maximum atomic E-state index is 14.6. The zero-order valence-corrected chi connectivity index (χ0v) is 16.1. The second-order valence-corrected chi connectivity index (χ2v) is 7.82. The van der Waals surface area contributed by atoms with Gasteiger partial charge in [0.15, 0.2) is 0 Å². The second kappa shape index (κ2) is 6.70. The third-order valence-corrected chi connectivity index (χ3v) is 5.66. The summed E-state index contributed by atoms with van der Waals surface area (Å²) in [6, 6.07) is 5.70. The minimum Gasteiger partial charge on any atom is -0.322 e. The van der Waals surface area contributed by atoms with Gasteiger partial charge < -0.3 is 5.32 Å². The average molecular weight is 411 g/mol. The molecule has 3 heterocycles. The van der Waals surface area contributed by atoms with Crippen LogP contribution in [0.25, 0.3) is 16.1 Å². The number of anilines is 1. The van der Waals surface area contributed by atoms with Crippen molar-refractivity contribution in [1.82, 2.24) is 19.0 Å². The molecule has 4 aromatic rings. The van der Waals surface area contributed by atoms with E-state index in [0.29, 0.717) is 38.8 Å². The summed E-state index contributed by atoms with van der Waals surface area (Å²) in [7, 11) is 0. The Balaban J connectivity index is 1.47. The lowest BCUT2D eigenvalue weighted by Crippen LogP contribution is -2.13. The molecule has 1 N–H and O–H groups in total. The van der Waals surface area contributed by atoms with Crippen LogP contribution in [-0.4, -0.2) is 24.9 Å². The molecule has 1 aromatic carbocycles. The first-order chi connectivity index (χ1) is 14.0. The zero-order valence-electron chi connectivity index (χ0n) is 15.3. The van der Waals surface area contributed by atoms with Gasteiger partial charge in [-0.2, -0.15) is 9.47 Å². The maximum absolute atomic E-state index is 14.6. The minimum atomic E-state index is -0.450. The van der Waals surface area contributed by atoms with Gasteiger partial charge in [0.1, 0.15) is 22.5 Å². The smallest absolute Gasteiger partial charge is 0.259 e. The van der Waals surface area contributed by atoms with Crippen molar-refractivity contribution < 1.29 is 13.6 Å². The van der Waals surface area contributed by atoms with Gasteiger partial charge in [0.2, 0.25) is 0 Å². The van der Waals surface area contributed by atoms with E-state index in [1.807, 2.05) is 0 Å². The Morgan fingerprint density at radius 2 is 2.10 bits per heavy atom. The predicted octanol–water partition coefficient (Wildman–Crippen LogP) is 4.57. The summed E-state index contributed by atoms with van der Waals surface area (Å²) in [6.45, 7) is 1.71. The molecule has 1 aliphatic carbocycles. The highest BCUT2D eigenvalue weighted by Crippen LogP contribution is 2.40. The molecule has 1 fully saturated rings. The minimum absolute atomic E-state index is 0.294. The normalized spacial score (nSPS) is 13.8. The largest absolute Gasteiger partial charge is 0.322 e. The number of aromatic nitrogens is 4. The quantitative estimate of drug-likeness (QED) is 0.534. The molecule has 3 aromatic heterocycles. The predicted molar refractivity (Wildman–Crippen MR) is 105 cm³/mol. The number of carbonyl (C=O) groups is 1. The first kappa shape index (κ1) is 17.9. The number of hydrogen-bond donors (Lipinski definition) is 1. The van der Waals surface area contributed by atoms with Crippen LogP contribution in [0.15, 0.2) is 36.7 Å². The standard InChI is InChI=1S/C20H15F2N5OS/c1-10-6-15(22)13(20-25-18(26-29-20)11-2-3-11)7-16(10)24-19(28)14-8-23-27-9-12(21)4-5-17(14)27/h4-9,11H,2-3H2,1H3,(H,24,28). The van der Waals surface area contributed by atoms with Crippen LogP contribution in [0.5, 0.6) is 0 Å². The van der Waals surface area contributed by atoms with E-state index < -0.39 is 17.5 Å². The Hall–Kier alpha value is -3.20. The van der Waals surface area contributed by atoms with E-state index in [0.717, 1.165) is 30.2 Å². The van der Waals surface area contributed by atoms with Crippen molar-refractivity contribution in [1.29, 1.82) is 0 Å². The Bertz CT molecular complexity index is 1260. The number of nitrogens with one attached hydrogen (secondary N) is 1. The van der Waals surface area contributed by atoms with Crippen molar-refractivity contribution in [3.8, 4) is 10.6 Å². The van der Waals surface area contributed by atoms with Gasteiger partial charge >= 0.3 is 0 Å². The lowest BCUT2D eigenvalue weighted by Gasteiger charge is -2.10. The highest BCUT2D eigenvalue weighted by Gasteiger charge is 2.28. The molecule has 29 heavy (non-hydrogen) atoms. The third-order valence-electron chi connectivity index (χ3n) is 4.90. The van der Waals surface area contributed by atoms with Crippen LogP contribution in [0.1, 0.15) is 40.5 Å². The SMILES string of the molecule is Cc1cc(F)c(-c2nc(C3CC3)ns2)cc1NC(=O)c1cnn2cc(F)ccc12. The van der Waals surface area contributed by atoms with Gasteiger partial charge in [0.25, 0.3) is 5.91 Å². The zero-order chi connectivity index (χ0) is 20.1. The number of aryl methyl sites for hydroxylation is 1. The molecular formula is C20H15F2N5OS. The summed E-state index contributed by atoms with van der Waals surface area (Å²) >= 11 is 1.16. The maximum Gasteiger partial charge on any atom is 0.259 e. The first-order valence-corrected chi connectivity index (χ1v) is 9.85. The number of halogens is 2. The first-order valence-electron chi connectivity index (χ1n) is 9.08. The number of rotatable bonds is 4. The van der Waals surface area contributed by atoms with Crippen LogP contribution in [0.4, 0.5) is 14.5 Å². The van der Waals surface area contributed by atoms with Gasteiger partial charge in [0.05, 0.1) is 23.5 Å². The van der Waals surface area contributed by atoms with Gasteiger partial charge in [-0.1, -0.05) is 0 Å². The van der Waals surface area contributed by atoms with Crippen molar-refractivity contribution in [2.75, 3.05) is 5.32 Å². The molecule has 1 saturated carbocycles. The van der Waals surface area contributed by atoms with E-state index in [-0.39, 0.29) is 0 Å². The monoisotopic (exact) mass is 411 g/mol. The summed E-state index contributed by atoms with van der Waals surface area (Å²) < 4.78 is 33.5. The van der Waals surface area contributed by atoms with Crippen molar-refractivity contribution >= 4 is 28.6 Å². The second-order valence-electron chi connectivity index (χ2n) is 7.07. The Labute approximate surface area is 168 Å². The van der Waals surface area contributed by atoms with Crippen LogP contribution in [-0.2, 0) is 0 Å². The Kier molecular flexibility index (Phi) is 4.13. The van der Waals surface area contributed by atoms with Gasteiger partial charge in [-0.15, -0.1) is 0 Å². The van der Waals surface area contributed by atoms with Crippen LogP contribution >= 0.6 is 11.5 Å². The molecule has 9 heteroatoms. The molecule has 0 unspecified atom stereocenters. The van der Waals surface area contributed by atoms with E-state index in [9.17, 15) is 13.6 Å². The molecule has 0 saturated heterocycles. The van der Waals surface area contributed by atoms with Crippen molar-refractivity contribution in [2.24, 2.45) is 0 Å². The van der Waals surface area contributed by atoms with Crippen molar-refractivity contribution in [3.05, 3.63) is 65.2 Å². The van der Waals surface area contributed by atoms with E-state index in [4.69, 9.17) is 0 Å². The van der Waals surface area contributed by atoms with Gasteiger partial charge in [-0.25, -0.2) is 18.3 Å².